The Kier molecular flexibility index (Phi) is 6.99. The Balaban J connectivity index is 2.46. The van der Waals surface area contributed by atoms with Gasteiger partial charge in [-0.15, -0.1) is 0 Å². The second-order valence-corrected chi connectivity index (χ2v) is 6.96. The topological polar surface area (TPSA) is 69.6 Å². The highest BCUT2D eigenvalue weighted by Gasteiger charge is 2.32. The number of carbonyl (C=O) groups is 2. The van der Waals surface area contributed by atoms with Gasteiger partial charge < -0.3 is 15.3 Å². The van der Waals surface area contributed by atoms with Crippen molar-refractivity contribution < 1.29 is 14.7 Å². The molecule has 1 aliphatic rings. The number of carbonyl (C=O) groups excluding carboxylic acids is 1. The van der Waals surface area contributed by atoms with Crippen molar-refractivity contribution in [3.8, 4) is 0 Å². The molecule has 1 aliphatic carbocycles. The summed E-state index contributed by atoms with van der Waals surface area (Å²) in [7, 11) is 0. The summed E-state index contributed by atoms with van der Waals surface area (Å²) in [5, 5.41) is 12.0. The van der Waals surface area contributed by atoms with E-state index in [0.29, 0.717) is 24.3 Å². The molecule has 21 heavy (non-hydrogen) atoms. The number of nitrogens with zero attached hydrogens (tertiary/aromatic N) is 1. The highest BCUT2D eigenvalue weighted by molar-refractivity contribution is 5.76. The Morgan fingerprint density at radius 2 is 1.81 bits per heavy atom. The van der Waals surface area contributed by atoms with Crippen molar-refractivity contribution in [1.29, 1.82) is 0 Å². The second-order valence-electron chi connectivity index (χ2n) is 6.96. The molecule has 0 aromatic rings. The third-order valence-electron chi connectivity index (χ3n) is 3.80. The summed E-state index contributed by atoms with van der Waals surface area (Å²) >= 11 is 0. The van der Waals surface area contributed by atoms with Gasteiger partial charge in [0.25, 0.3) is 0 Å². The fourth-order valence-electron chi connectivity index (χ4n) is 2.39. The van der Waals surface area contributed by atoms with E-state index in [1.807, 2.05) is 18.7 Å². The van der Waals surface area contributed by atoms with Gasteiger partial charge in [-0.3, -0.25) is 4.79 Å². The average molecular weight is 298 g/mol. The van der Waals surface area contributed by atoms with Gasteiger partial charge in [0.15, 0.2) is 0 Å². The zero-order valence-electron chi connectivity index (χ0n) is 13.8. The van der Waals surface area contributed by atoms with Crippen molar-refractivity contribution in [2.75, 3.05) is 13.1 Å². The predicted octanol–water partition coefficient (Wildman–Crippen LogP) is 2.95. The van der Waals surface area contributed by atoms with Crippen LogP contribution in [0.15, 0.2) is 0 Å². The summed E-state index contributed by atoms with van der Waals surface area (Å²) in [5.41, 5.74) is 0. The average Bonchev–Trinajstić information content (AvgIpc) is 3.18. The van der Waals surface area contributed by atoms with Crippen LogP contribution in [0.4, 0.5) is 4.79 Å². The molecule has 5 nitrogen and oxygen atoms in total. The fraction of sp³-hybridized carbons (Fsp3) is 0.875. The molecule has 1 saturated carbocycles. The van der Waals surface area contributed by atoms with Gasteiger partial charge in [0.2, 0.25) is 0 Å². The normalized spacial score (nSPS) is 16.1. The number of rotatable bonds is 9. The lowest BCUT2D eigenvalue weighted by atomic mass is 9.97. The van der Waals surface area contributed by atoms with E-state index in [1.54, 1.807) is 0 Å². The minimum Gasteiger partial charge on any atom is -0.481 e. The van der Waals surface area contributed by atoms with Crippen molar-refractivity contribution in [2.24, 2.45) is 17.8 Å². The van der Waals surface area contributed by atoms with Crippen LogP contribution in [0.3, 0.4) is 0 Å². The Morgan fingerprint density at radius 3 is 2.24 bits per heavy atom. The van der Waals surface area contributed by atoms with Crippen LogP contribution in [0.25, 0.3) is 0 Å². The van der Waals surface area contributed by atoms with Gasteiger partial charge in [-0.05, 0) is 37.5 Å². The monoisotopic (exact) mass is 298 g/mol. The smallest absolute Gasteiger partial charge is 0.317 e. The van der Waals surface area contributed by atoms with Crippen LogP contribution < -0.4 is 5.32 Å². The van der Waals surface area contributed by atoms with Crippen LogP contribution in [-0.2, 0) is 4.79 Å². The van der Waals surface area contributed by atoms with Crippen LogP contribution >= 0.6 is 0 Å². The Bertz CT molecular complexity index is 351. The maximum absolute atomic E-state index is 12.3. The number of aliphatic carboxylic acids is 1. The molecule has 0 aliphatic heterocycles. The lowest BCUT2D eigenvalue weighted by molar-refractivity contribution is -0.142. The van der Waals surface area contributed by atoms with Gasteiger partial charge in [0, 0.05) is 19.1 Å². The second kappa shape index (κ2) is 8.25. The summed E-state index contributed by atoms with van der Waals surface area (Å²) in [5.74, 6) is -0.459. The quantitative estimate of drug-likeness (QED) is 0.687. The van der Waals surface area contributed by atoms with E-state index in [0.717, 1.165) is 25.8 Å². The standard InChI is InChI=1S/C16H30N2O3/c1-11(2)7-8-18(14-5-6-14)16(21)17-10-13(15(19)20)9-12(3)4/h11-14H,5-10H2,1-4H3,(H,17,21)(H,19,20). The lowest BCUT2D eigenvalue weighted by Crippen LogP contribution is -2.44. The molecule has 0 bridgehead atoms. The molecule has 1 atom stereocenters. The van der Waals surface area contributed by atoms with Gasteiger partial charge >= 0.3 is 12.0 Å². The largest absolute Gasteiger partial charge is 0.481 e. The Morgan fingerprint density at radius 1 is 1.19 bits per heavy atom. The molecule has 0 aromatic carbocycles. The van der Waals surface area contributed by atoms with Crippen molar-refractivity contribution in [2.45, 2.75) is 59.4 Å². The summed E-state index contributed by atoms with van der Waals surface area (Å²) in [4.78, 5) is 25.4. The van der Waals surface area contributed by atoms with E-state index in [1.165, 1.54) is 0 Å². The molecule has 1 fully saturated rings. The third kappa shape index (κ3) is 6.82. The van der Waals surface area contributed by atoms with Gasteiger partial charge in [-0.25, -0.2) is 4.79 Å². The maximum Gasteiger partial charge on any atom is 0.317 e. The van der Waals surface area contributed by atoms with E-state index in [4.69, 9.17) is 0 Å². The van der Waals surface area contributed by atoms with Gasteiger partial charge in [-0.2, -0.15) is 0 Å². The van der Waals surface area contributed by atoms with Crippen molar-refractivity contribution in [3.05, 3.63) is 0 Å². The number of carboxylic acid groups (broad SMARTS) is 1. The van der Waals surface area contributed by atoms with E-state index in [-0.39, 0.29) is 12.6 Å². The Labute approximate surface area is 128 Å². The van der Waals surface area contributed by atoms with Crippen LogP contribution in [0, 0.1) is 17.8 Å². The lowest BCUT2D eigenvalue weighted by Gasteiger charge is -2.25. The van der Waals surface area contributed by atoms with E-state index in [9.17, 15) is 14.7 Å². The molecule has 2 N–H and O–H groups in total. The molecule has 5 heteroatoms. The molecule has 1 rings (SSSR count). The van der Waals surface area contributed by atoms with Gasteiger partial charge in [0.05, 0.1) is 5.92 Å². The first-order valence-electron chi connectivity index (χ1n) is 8.08. The molecular weight excluding hydrogens is 268 g/mol. The maximum atomic E-state index is 12.3. The highest BCUT2D eigenvalue weighted by Crippen LogP contribution is 2.27. The van der Waals surface area contributed by atoms with E-state index >= 15 is 0 Å². The summed E-state index contributed by atoms with van der Waals surface area (Å²) in [6.07, 6.45) is 3.71. The highest BCUT2D eigenvalue weighted by atomic mass is 16.4. The molecule has 0 aromatic heterocycles. The van der Waals surface area contributed by atoms with Gasteiger partial charge in [0.1, 0.15) is 0 Å². The van der Waals surface area contributed by atoms with Gasteiger partial charge in [-0.1, -0.05) is 27.7 Å². The predicted molar refractivity (Wildman–Crippen MR) is 83.2 cm³/mol. The molecule has 0 saturated heterocycles. The SMILES string of the molecule is CC(C)CCN(C(=O)NCC(CC(C)C)C(=O)O)C1CC1. The number of carboxylic acids is 1. The zero-order valence-corrected chi connectivity index (χ0v) is 13.8. The molecule has 0 spiro atoms. The first kappa shape index (κ1) is 17.8. The van der Waals surface area contributed by atoms with Crippen molar-refractivity contribution in [1.82, 2.24) is 10.2 Å². The van der Waals surface area contributed by atoms with E-state index < -0.39 is 11.9 Å². The Hall–Kier alpha value is -1.26. The molecular formula is C16H30N2O3. The number of amides is 2. The molecule has 1 unspecified atom stereocenters. The fourth-order valence-corrected chi connectivity index (χ4v) is 2.39. The number of hydrogen-bond acceptors (Lipinski definition) is 2. The minimum absolute atomic E-state index is 0.104. The van der Waals surface area contributed by atoms with Crippen molar-refractivity contribution in [3.63, 3.8) is 0 Å². The summed E-state index contributed by atoms with van der Waals surface area (Å²) in [6, 6.07) is 0.255. The van der Waals surface area contributed by atoms with Crippen LogP contribution in [0.1, 0.15) is 53.4 Å². The summed E-state index contributed by atoms with van der Waals surface area (Å²) in [6.45, 7) is 9.26. The first-order valence-corrected chi connectivity index (χ1v) is 8.08. The molecule has 0 radical (unpaired) electrons. The van der Waals surface area contributed by atoms with E-state index in [2.05, 4.69) is 19.2 Å². The first-order chi connectivity index (χ1) is 9.81. The molecule has 2 amide bonds. The number of nitrogens with one attached hydrogen (secondary N) is 1. The number of hydrogen-bond donors (Lipinski definition) is 2. The van der Waals surface area contributed by atoms with Crippen LogP contribution in [-0.4, -0.2) is 41.1 Å². The summed E-state index contributed by atoms with van der Waals surface area (Å²) < 4.78 is 0. The van der Waals surface area contributed by atoms with Crippen LogP contribution in [0.5, 0.6) is 0 Å². The zero-order chi connectivity index (χ0) is 16.0. The molecule has 122 valence electrons. The number of urea groups is 1. The third-order valence-corrected chi connectivity index (χ3v) is 3.80. The molecule has 0 heterocycles. The van der Waals surface area contributed by atoms with Crippen molar-refractivity contribution >= 4 is 12.0 Å². The minimum atomic E-state index is -0.829. The van der Waals surface area contributed by atoms with Crippen LogP contribution in [0.2, 0.25) is 0 Å².